The average Bonchev–Trinajstić information content (AvgIpc) is 1.73. The van der Waals surface area contributed by atoms with Crippen molar-refractivity contribution >= 4 is 0 Å². The fraction of sp³-hybridized carbons (Fsp3) is 1.00. The van der Waals surface area contributed by atoms with Crippen LogP contribution in [0.15, 0.2) is 0 Å². The normalized spacial score (nSPS) is 7.71. The molecule has 0 rings (SSSR count). The fourth-order valence-corrected chi connectivity index (χ4v) is 0. The number of hydrogen-bond donors (Lipinski definition) is 0. The Morgan fingerprint density at radius 1 is 1.43 bits per heavy atom. The molecule has 0 aromatic rings. The van der Waals surface area contributed by atoms with Crippen molar-refractivity contribution in [3.63, 3.8) is 0 Å². The third kappa shape index (κ3) is 21.6. The van der Waals surface area contributed by atoms with Crippen molar-refractivity contribution in [2.24, 2.45) is 0 Å². The van der Waals surface area contributed by atoms with Gasteiger partial charge in [-0.1, -0.05) is 6.92 Å². The molecule has 0 saturated heterocycles. The van der Waals surface area contributed by atoms with Crippen LogP contribution in [0.25, 0.3) is 0 Å². The Morgan fingerprint density at radius 2 is 1.57 bits per heavy atom. The number of rotatable bonds is 1. The van der Waals surface area contributed by atoms with E-state index in [1.54, 1.807) is 0 Å². The summed E-state index contributed by atoms with van der Waals surface area (Å²) in [7, 11) is 4.11. The predicted molar refractivity (Wildman–Crippen MR) is 24.9 cm³/mol. The molecule has 0 amide bonds. The van der Waals surface area contributed by atoms with Crippen LogP contribution in [0, 0.1) is 0 Å². The first-order valence-electron chi connectivity index (χ1n) is 2.21. The molecule has 0 aliphatic heterocycles. The zero-order valence-corrected chi connectivity index (χ0v) is 8.24. The summed E-state index contributed by atoms with van der Waals surface area (Å²) in [6, 6.07) is 0. The Kier molecular flexibility index (Phi) is 14.3. The molecule has 0 aromatic heterocycles. The quantitative estimate of drug-likeness (QED) is 0.511. The SMILES string of the molecule is CCN(C)C.[O]=[Zn]. The molecule has 0 radical (unpaired) electrons. The van der Waals surface area contributed by atoms with Crippen molar-refractivity contribution in [1.82, 2.24) is 4.90 Å². The Morgan fingerprint density at radius 3 is 1.57 bits per heavy atom. The van der Waals surface area contributed by atoms with Crippen LogP contribution >= 0.6 is 0 Å². The minimum atomic E-state index is 0.125. The van der Waals surface area contributed by atoms with Gasteiger partial charge in [-0.05, 0) is 20.6 Å². The molecule has 0 heterocycles. The van der Waals surface area contributed by atoms with Crippen molar-refractivity contribution in [3.8, 4) is 0 Å². The van der Waals surface area contributed by atoms with Crippen molar-refractivity contribution in [3.05, 3.63) is 0 Å². The Balaban J connectivity index is 0. The van der Waals surface area contributed by atoms with Gasteiger partial charge in [-0.25, -0.2) is 0 Å². The summed E-state index contributed by atoms with van der Waals surface area (Å²) in [4.78, 5) is 2.12. The van der Waals surface area contributed by atoms with E-state index in [-0.39, 0.29) is 18.3 Å². The Bertz CT molecular complexity index is 32.9. The zero-order chi connectivity index (χ0) is 6.28. The fourth-order valence-electron chi connectivity index (χ4n) is 0. The van der Waals surface area contributed by atoms with Crippen LogP contribution in [0.1, 0.15) is 6.92 Å². The number of nitrogens with zero attached hydrogens (tertiary/aromatic N) is 1. The molecule has 0 atom stereocenters. The average molecular weight is 155 g/mol. The van der Waals surface area contributed by atoms with Crippen LogP contribution in [0.5, 0.6) is 0 Å². The van der Waals surface area contributed by atoms with Gasteiger partial charge >= 0.3 is 21.8 Å². The molecule has 3 heteroatoms. The molecule has 7 heavy (non-hydrogen) atoms. The maximum atomic E-state index is 8.38. The molecule has 0 unspecified atom stereocenters. The summed E-state index contributed by atoms with van der Waals surface area (Å²) in [6.07, 6.45) is 0. The number of hydrogen-bond acceptors (Lipinski definition) is 2. The second kappa shape index (κ2) is 9.63. The summed E-state index contributed by atoms with van der Waals surface area (Å²) in [5.41, 5.74) is 0. The molecule has 0 aliphatic rings. The monoisotopic (exact) mass is 153 g/mol. The van der Waals surface area contributed by atoms with Gasteiger partial charge in [-0.15, -0.1) is 0 Å². The Hall–Kier alpha value is 0.383. The molecular weight excluding hydrogens is 143 g/mol. The molecule has 2 nitrogen and oxygen atoms in total. The molecular formula is C4H11NOZn. The van der Waals surface area contributed by atoms with Crippen LogP contribution in [0.3, 0.4) is 0 Å². The molecule has 0 N–H and O–H groups in total. The Labute approximate surface area is 54.8 Å². The van der Waals surface area contributed by atoms with Crippen molar-refractivity contribution in [2.45, 2.75) is 6.92 Å². The molecule has 0 bridgehead atoms. The predicted octanol–water partition coefficient (Wildman–Crippen LogP) is 0.447. The van der Waals surface area contributed by atoms with Gasteiger partial charge in [-0.3, -0.25) is 0 Å². The van der Waals surface area contributed by atoms with Crippen molar-refractivity contribution < 1.29 is 21.8 Å². The molecule has 0 fully saturated rings. The molecule has 0 spiro atoms. The van der Waals surface area contributed by atoms with Gasteiger partial charge in [0, 0.05) is 0 Å². The van der Waals surface area contributed by atoms with Crippen LogP contribution in [-0.2, 0) is 21.8 Å². The summed E-state index contributed by atoms with van der Waals surface area (Å²) < 4.78 is 8.38. The molecule has 0 saturated carbocycles. The van der Waals surface area contributed by atoms with Gasteiger partial charge in [0.15, 0.2) is 0 Å². The van der Waals surface area contributed by atoms with Crippen LogP contribution in [0.4, 0.5) is 0 Å². The molecule has 0 aromatic carbocycles. The van der Waals surface area contributed by atoms with E-state index in [0.717, 1.165) is 6.54 Å². The van der Waals surface area contributed by atoms with E-state index in [2.05, 4.69) is 25.9 Å². The van der Waals surface area contributed by atoms with Gasteiger partial charge in [-0.2, -0.15) is 0 Å². The van der Waals surface area contributed by atoms with Gasteiger partial charge in [0.1, 0.15) is 0 Å². The standard InChI is InChI=1S/C4H11N.O.Zn/c1-4-5(2)3;;/h4H2,1-3H3;;. The van der Waals surface area contributed by atoms with E-state index in [4.69, 9.17) is 3.57 Å². The summed E-state index contributed by atoms with van der Waals surface area (Å²) in [5, 5.41) is 0. The van der Waals surface area contributed by atoms with E-state index in [1.807, 2.05) is 0 Å². The topological polar surface area (TPSA) is 20.3 Å². The van der Waals surface area contributed by atoms with E-state index in [9.17, 15) is 0 Å². The first-order valence-corrected chi connectivity index (χ1v) is 3.42. The maximum absolute atomic E-state index is 8.38. The van der Waals surface area contributed by atoms with Crippen LogP contribution in [-0.4, -0.2) is 25.5 Å². The second-order valence-corrected chi connectivity index (χ2v) is 1.40. The van der Waals surface area contributed by atoms with E-state index >= 15 is 0 Å². The summed E-state index contributed by atoms with van der Waals surface area (Å²) >= 11 is 0.125. The van der Waals surface area contributed by atoms with E-state index < -0.39 is 0 Å². The van der Waals surface area contributed by atoms with E-state index in [0.29, 0.717) is 0 Å². The van der Waals surface area contributed by atoms with E-state index in [1.165, 1.54) is 0 Å². The van der Waals surface area contributed by atoms with Gasteiger partial charge in [0.05, 0.1) is 0 Å². The zero-order valence-electron chi connectivity index (χ0n) is 5.27. The van der Waals surface area contributed by atoms with Crippen LogP contribution in [0.2, 0.25) is 0 Å². The van der Waals surface area contributed by atoms with Crippen LogP contribution < -0.4 is 0 Å². The van der Waals surface area contributed by atoms with Gasteiger partial charge in [0.25, 0.3) is 0 Å². The van der Waals surface area contributed by atoms with Gasteiger partial charge in [0.2, 0.25) is 0 Å². The third-order valence-electron chi connectivity index (χ3n) is 0.632. The van der Waals surface area contributed by atoms with Gasteiger partial charge < -0.3 is 4.90 Å². The first kappa shape index (κ1) is 10.4. The summed E-state index contributed by atoms with van der Waals surface area (Å²) in [6.45, 7) is 3.26. The third-order valence-corrected chi connectivity index (χ3v) is 0.632. The molecule has 40 valence electrons. The molecule has 0 aliphatic carbocycles. The minimum absolute atomic E-state index is 0.125. The van der Waals surface area contributed by atoms with Crippen molar-refractivity contribution in [1.29, 1.82) is 0 Å². The summed E-state index contributed by atoms with van der Waals surface area (Å²) in [5.74, 6) is 0. The first-order chi connectivity index (χ1) is 3.27. The second-order valence-electron chi connectivity index (χ2n) is 1.40. The van der Waals surface area contributed by atoms with Crippen molar-refractivity contribution in [2.75, 3.05) is 20.6 Å².